The number of halogens is 1. The van der Waals surface area contributed by atoms with Crippen LogP contribution in [0.4, 0.5) is 16.2 Å². The van der Waals surface area contributed by atoms with Gasteiger partial charge in [0.05, 0.1) is 30.9 Å². The number of nitrogens with one attached hydrogen (secondary N) is 2. The van der Waals surface area contributed by atoms with Crippen molar-refractivity contribution in [3.8, 4) is 0 Å². The molecule has 2 N–H and O–H groups in total. The number of hydrogen-bond donors (Lipinski definition) is 2. The summed E-state index contributed by atoms with van der Waals surface area (Å²) in [5.74, 6) is 0. The van der Waals surface area contributed by atoms with E-state index in [2.05, 4.69) is 15.6 Å². The van der Waals surface area contributed by atoms with Gasteiger partial charge in [-0.3, -0.25) is 10.1 Å². The van der Waals surface area contributed by atoms with E-state index >= 15 is 0 Å². The Hall–Kier alpha value is -2.71. The Balaban J connectivity index is 1.59. The molecule has 1 unspecified atom stereocenters. The average molecular weight is 391 g/mol. The van der Waals surface area contributed by atoms with Gasteiger partial charge < -0.3 is 10.6 Å². The number of amides is 2. The molecule has 3 rings (SSSR count). The first kappa shape index (κ1) is 18.1. The zero-order valence-electron chi connectivity index (χ0n) is 13.7. The van der Waals surface area contributed by atoms with E-state index < -0.39 is 11.0 Å². The molecular formula is C17H15ClN4O3S. The van der Waals surface area contributed by atoms with Gasteiger partial charge in [-0.25, -0.2) is 9.78 Å². The van der Waals surface area contributed by atoms with Crippen LogP contribution in [0.2, 0.25) is 5.02 Å². The van der Waals surface area contributed by atoms with E-state index in [0.717, 1.165) is 15.2 Å². The number of nitro benzene ring substituents is 1. The monoisotopic (exact) mass is 390 g/mol. The molecule has 0 fully saturated rings. The lowest BCUT2D eigenvalue weighted by molar-refractivity contribution is -0.384. The fraction of sp³-hybridized carbons (Fsp3) is 0.176. The number of urea groups is 1. The van der Waals surface area contributed by atoms with Crippen molar-refractivity contribution in [3.05, 3.63) is 62.6 Å². The molecule has 134 valence electrons. The van der Waals surface area contributed by atoms with E-state index in [1.54, 1.807) is 11.3 Å². The van der Waals surface area contributed by atoms with Gasteiger partial charge in [-0.05, 0) is 25.1 Å². The number of hydrogen-bond acceptors (Lipinski definition) is 5. The Morgan fingerprint density at radius 3 is 2.81 bits per heavy atom. The first-order valence-electron chi connectivity index (χ1n) is 7.78. The number of rotatable bonds is 5. The van der Waals surface area contributed by atoms with Gasteiger partial charge in [0, 0.05) is 24.6 Å². The molecule has 0 spiro atoms. The summed E-state index contributed by atoms with van der Waals surface area (Å²) in [6.07, 6.45) is 0.598. The molecule has 0 aliphatic heterocycles. The molecule has 1 heterocycles. The third kappa shape index (κ3) is 4.27. The van der Waals surface area contributed by atoms with Crippen molar-refractivity contribution in [1.29, 1.82) is 0 Å². The molecule has 1 atom stereocenters. The molecule has 7 nitrogen and oxygen atoms in total. The highest BCUT2D eigenvalue weighted by atomic mass is 35.5. The van der Waals surface area contributed by atoms with E-state index in [1.165, 1.54) is 18.2 Å². The van der Waals surface area contributed by atoms with E-state index in [-0.39, 0.29) is 16.8 Å². The minimum Gasteiger partial charge on any atom is -0.335 e. The first-order chi connectivity index (χ1) is 12.4. The average Bonchev–Trinajstić information content (AvgIpc) is 2.98. The van der Waals surface area contributed by atoms with Crippen LogP contribution in [-0.4, -0.2) is 22.0 Å². The Morgan fingerprint density at radius 2 is 2.12 bits per heavy atom. The maximum Gasteiger partial charge on any atom is 0.319 e. The predicted molar refractivity (Wildman–Crippen MR) is 103 cm³/mol. The summed E-state index contributed by atoms with van der Waals surface area (Å²) in [6, 6.07) is 11.2. The van der Waals surface area contributed by atoms with E-state index in [1.807, 2.05) is 31.2 Å². The van der Waals surface area contributed by atoms with Gasteiger partial charge in [0.25, 0.3) is 5.69 Å². The lowest BCUT2D eigenvalue weighted by Crippen LogP contribution is -2.37. The lowest BCUT2D eigenvalue weighted by atomic mass is 10.2. The normalized spacial score (nSPS) is 11.9. The SMILES string of the molecule is CC(Cc1nc2ccccc2s1)NC(=O)Nc1ccc([N+](=O)[O-])cc1Cl. The molecular weight excluding hydrogens is 376 g/mol. The number of fused-ring (bicyclic) bond motifs is 1. The highest BCUT2D eigenvalue weighted by Gasteiger charge is 2.14. The van der Waals surface area contributed by atoms with Crippen LogP contribution in [0.15, 0.2) is 42.5 Å². The fourth-order valence-electron chi connectivity index (χ4n) is 2.42. The van der Waals surface area contributed by atoms with Crippen LogP contribution in [0.25, 0.3) is 10.2 Å². The van der Waals surface area contributed by atoms with Gasteiger partial charge in [0.2, 0.25) is 0 Å². The Morgan fingerprint density at radius 1 is 1.35 bits per heavy atom. The van der Waals surface area contributed by atoms with Crippen molar-refractivity contribution in [2.24, 2.45) is 0 Å². The van der Waals surface area contributed by atoms with E-state index in [0.29, 0.717) is 12.1 Å². The summed E-state index contributed by atoms with van der Waals surface area (Å²) in [4.78, 5) is 26.8. The Kier molecular flexibility index (Phi) is 5.34. The largest absolute Gasteiger partial charge is 0.335 e. The molecule has 1 aromatic heterocycles. The number of aromatic nitrogens is 1. The number of nitrogens with zero attached hydrogens (tertiary/aromatic N) is 2. The molecule has 0 aliphatic rings. The predicted octanol–water partition coefficient (Wildman–Crippen LogP) is 4.61. The zero-order valence-corrected chi connectivity index (χ0v) is 15.3. The molecule has 0 bridgehead atoms. The van der Waals surface area contributed by atoms with Crippen molar-refractivity contribution in [1.82, 2.24) is 10.3 Å². The van der Waals surface area contributed by atoms with Crippen LogP contribution in [0, 0.1) is 10.1 Å². The summed E-state index contributed by atoms with van der Waals surface area (Å²) in [5, 5.41) is 17.2. The van der Waals surface area contributed by atoms with Crippen molar-refractivity contribution in [3.63, 3.8) is 0 Å². The first-order valence-corrected chi connectivity index (χ1v) is 8.97. The summed E-state index contributed by atoms with van der Waals surface area (Å²) < 4.78 is 1.11. The number of carbonyl (C=O) groups excluding carboxylic acids is 1. The van der Waals surface area contributed by atoms with Crippen LogP contribution >= 0.6 is 22.9 Å². The van der Waals surface area contributed by atoms with Crippen molar-refractivity contribution < 1.29 is 9.72 Å². The number of nitro groups is 1. The topological polar surface area (TPSA) is 97.2 Å². The van der Waals surface area contributed by atoms with Gasteiger partial charge in [0.1, 0.15) is 0 Å². The van der Waals surface area contributed by atoms with Gasteiger partial charge in [-0.1, -0.05) is 23.7 Å². The quantitative estimate of drug-likeness (QED) is 0.491. The molecule has 2 aromatic carbocycles. The Labute approximate surface area is 158 Å². The highest BCUT2D eigenvalue weighted by Crippen LogP contribution is 2.26. The molecule has 9 heteroatoms. The van der Waals surface area contributed by atoms with E-state index in [4.69, 9.17) is 11.6 Å². The number of benzene rings is 2. The molecule has 3 aromatic rings. The smallest absolute Gasteiger partial charge is 0.319 e. The van der Waals surface area contributed by atoms with Crippen LogP contribution in [0.5, 0.6) is 0 Å². The van der Waals surface area contributed by atoms with Crippen molar-refractivity contribution in [2.75, 3.05) is 5.32 Å². The molecule has 0 radical (unpaired) electrons. The molecule has 0 aliphatic carbocycles. The van der Waals surface area contributed by atoms with Crippen LogP contribution in [0.1, 0.15) is 11.9 Å². The van der Waals surface area contributed by atoms with Gasteiger partial charge >= 0.3 is 6.03 Å². The molecule has 0 saturated heterocycles. The highest BCUT2D eigenvalue weighted by molar-refractivity contribution is 7.18. The second-order valence-corrected chi connectivity index (χ2v) is 7.22. The van der Waals surface area contributed by atoms with Crippen LogP contribution < -0.4 is 10.6 Å². The minimum absolute atomic E-state index is 0.105. The minimum atomic E-state index is -0.546. The summed E-state index contributed by atoms with van der Waals surface area (Å²) >= 11 is 7.57. The third-order valence-electron chi connectivity index (χ3n) is 3.61. The number of anilines is 1. The number of thiazole rings is 1. The maximum atomic E-state index is 12.1. The summed E-state index contributed by atoms with van der Waals surface area (Å²) in [6.45, 7) is 1.88. The zero-order chi connectivity index (χ0) is 18.7. The van der Waals surface area contributed by atoms with Crippen LogP contribution in [0.3, 0.4) is 0 Å². The Bertz CT molecular complexity index is 943. The number of para-hydroxylation sites is 1. The molecule has 2 amide bonds. The van der Waals surface area contributed by atoms with Gasteiger partial charge in [-0.15, -0.1) is 11.3 Å². The van der Waals surface area contributed by atoms with Crippen molar-refractivity contribution in [2.45, 2.75) is 19.4 Å². The lowest BCUT2D eigenvalue weighted by Gasteiger charge is -2.14. The second-order valence-electron chi connectivity index (χ2n) is 5.70. The second kappa shape index (κ2) is 7.67. The van der Waals surface area contributed by atoms with Gasteiger partial charge in [-0.2, -0.15) is 0 Å². The van der Waals surface area contributed by atoms with E-state index in [9.17, 15) is 14.9 Å². The molecule has 26 heavy (non-hydrogen) atoms. The van der Waals surface area contributed by atoms with Crippen LogP contribution in [-0.2, 0) is 6.42 Å². The fourth-order valence-corrected chi connectivity index (χ4v) is 3.74. The van der Waals surface area contributed by atoms with Crippen molar-refractivity contribution >= 4 is 50.6 Å². The number of carbonyl (C=O) groups is 1. The summed E-state index contributed by atoms with van der Waals surface area (Å²) in [7, 11) is 0. The molecule has 0 saturated carbocycles. The standard InChI is InChI=1S/C17H15ClN4O3S/c1-10(8-16-20-14-4-2-3-5-15(14)26-16)19-17(23)21-13-7-6-11(22(24)25)9-12(13)18/h2-7,9-10H,8H2,1H3,(H2,19,21,23). The maximum absolute atomic E-state index is 12.1. The van der Waals surface area contributed by atoms with Gasteiger partial charge in [0.15, 0.2) is 0 Å². The number of non-ortho nitro benzene ring substituents is 1. The third-order valence-corrected chi connectivity index (χ3v) is 4.98. The summed E-state index contributed by atoms with van der Waals surface area (Å²) in [5.41, 5.74) is 1.12.